The standard InChI is InChI=1S/C13H25N3O2/c1-4-15(11(3)17)9-12-7-5-6-8-16(12)13(18)10(2)14/h10,12H,4-9,14H2,1-3H3. The highest BCUT2D eigenvalue weighted by molar-refractivity contribution is 5.81. The summed E-state index contributed by atoms with van der Waals surface area (Å²) in [4.78, 5) is 27.2. The molecule has 2 unspecified atom stereocenters. The van der Waals surface area contributed by atoms with Crippen LogP contribution in [-0.2, 0) is 9.59 Å². The van der Waals surface area contributed by atoms with Crippen LogP contribution >= 0.6 is 0 Å². The van der Waals surface area contributed by atoms with Crippen LogP contribution in [0.4, 0.5) is 0 Å². The zero-order valence-electron chi connectivity index (χ0n) is 11.7. The van der Waals surface area contributed by atoms with Crippen molar-refractivity contribution < 1.29 is 9.59 Å². The minimum atomic E-state index is -0.460. The van der Waals surface area contributed by atoms with E-state index >= 15 is 0 Å². The molecule has 0 aromatic carbocycles. The van der Waals surface area contributed by atoms with E-state index in [9.17, 15) is 9.59 Å². The second-order valence-electron chi connectivity index (χ2n) is 5.03. The maximum atomic E-state index is 12.0. The van der Waals surface area contributed by atoms with Gasteiger partial charge in [-0.25, -0.2) is 0 Å². The van der Waals surface area contributed by atoms with E-state index in [1.54, 1.807) is 18.7 Å². The lowest BCUT2D eigenvalue weighted by Crippen LogP contribution is -2.54. The average Bonchev–Trinajstić information content (AvgIpc) is 2.35. The maximum Gasteiger partial charge on any atom is 0.239 e. The van der Waals surface area contributed by atoms with Gasteiger partial charge in [-0.15, -0.1) is 0 Å². The van der Waals surface area contributed by atoms with Crippen molar-refractivity contribution >= 4 is 11.8 Å². The Kier molecular flexibility index (Phi) is 5.59. The van der Waals surface area contributed by atoms with Crippen LogP contribution in [0.5, 0.6) is 0 Å². The van der Waals surface area contributed by atoms with Gasteiger partial charge in [0.1, 0.15) is 0 Å². The lowest BCUT2D eigenvalue weighted by molar-refractivity contribution is -0.139. The van der Waals surface area contributed by atoms with Crippen LogP contribution in [0.25, 0.3) is 0 Å². The van der Waals surface area contributed by atoms with Gasteiger partial charge >= 0.3 is 0 Å². The molecule has 1 rings (SSSR count). The molecule has 5 nitrogen and oxygen atoms in total. The molecular formula is C13H25N3O2. The number of piperidine rings is 1. The Labute approximate surface area is 109 Å². The zero-order chi connectivity index (χ0) is 13.7. The number of likely N-dealkylation sites (tertiary alicyclic amines) is 1. The normalized spacial score (nSPS) is 21.6. The van der Waals surface area contributed by atoms with E-state index < -0.39 is 6.04 Å². The fourth-order valence-electron chi connectivity index (χ4n) is 2.48. The van der Waals surface area contributed by atoms with Crippen molar-refractivity contribution in [1.29, 1.82) is 0 Å². The lowest BCUT2D eigenvalue weighted by Gasteiger charge is -2.39. The van der Waals surface area contributed by atoms with Crippen molar-refractivity contribution in [1.82, 2.24) is 9.80 Å². The van der Waals surface area contributed by atoms with E-state index in [1.807, 2.05) is 11.8 Å². The van der Waals surface area contributed by atoms with Crippen molar-refractivity contribution in [3.05, 3.63) is 0 Å². The number of hydrogen-bond acceptors (Lipinski definition) is 3. The highest BCUT2D eigenvalue weighted by Crippen LogP contribution is 2.19. The van der Waals surface area contributed by atoms with Crippen LogP contribution in [0.15, 0.2) is 0 Å². The number of carbonyl (C=O) groups is 2. The Morgan fingerprint density at radius 2 is 2.11 bits per heavy atom. The first-order valence-electron chi connectivity index (χ1n) is 6.79. The predicted molar refractivity (Wildman–Crippen MR) is 70.9 cm³/mol. The summed E-state index contributed by atoms with van der Waals surface area (Å²) in [5.74, 6) is 0.0653. The summed E-state index contributed by atoms with van der Waals surface area (Å²) >= 11 is 0. The van der Waals surface area contributed by atoms with Crippen molar-refractivity contribution in [3.63, 3.8) is 0 Å². The number of nitrogens with two attached hydrogens (primary N) is 1. The molecule has 2 atom stereocenters. The van der Waals surface area contributed by atoms with Gasteiger partial charge in [0.05, 0.1) is 6.04 Å². The number of carbonyl (C=O) groups excluding carboxylic acids is 2. The van der Waals surface area contributed by atoms with Gasteiger partial charge in [-0.2, -0.15) is 0 Å². The molecule has 1 saturated heterocycles. The minimum absolute atomic E-state index is 0.000643. The SMILES string of the molecule is CCN(CC1CCCCN1C(=O)C(C)N)C(C)=O. The van der Waals surface area contributed by atoms with E-state index in [-0.39, 0.29) is 17.9 Å². The van der Waals surface area contributed by atoms with E-state index in [0.29, 0.717) is 13.1 Å². The Morgan fingerprint density at radius 1 is 1.44 bits per heavy atom. The van der Waals surface area contributed by atoms with E-state index in [4.69, 9.17) is 5.73 Å². The van der Waals surface area contributed by atoms with Crippen molar-refractivity contribution in [3.8, 4) is 0 Å². The summed E-state index contributed by atoms with van der Waals surface area (Å²) in [6.07, 6.45) is 3.10. The van der Waals surface area contributed by atoms with Crippen molar-refractivity contribution in [2.45, 2.75) is 52.1 Å². The summed E-state index contributed by atoms with van der Waals surface area (Å²) < 4.78 is 0. The molecule has 104 valence electrons. The van der Waals surface area contributed by atoms with Crippen molar-refractivity contribution in [2.24, 2.45) is 5.73 Å². The quantitative estimate of drug-likeness (QED) is 0.799. The zero-order valence-corrected chi connectivity index (χ0v) is 11.7. The molecule has 0 spiro atoms. The summed E-state index contributed by atoms with van der Waals surface area (Å²) in [6, 6.07) is -0.334. The highest BCUT2D eigenvalue weighted by atomic mass is 16.2. The Bertz CT molecular complexity index is 305. The van der Waals surface area contributed by atoms with Crippen LogP contribution in [0.3, 0.4) is 0 Å². The summed E-state index contributed by atoms with van der Waals surface area (Å²) in [7, 11) is 0. The fourth-order valence-corrected chi connectivity index (χ4v) is 2.48. The molecule has 2 amide bonds. The van der Waals surface area contributed by atoms with E-state index in [0.717, 1.165) is 25.8 Å². The third kappa shape index (κ3) is 3.70. The molecule has 0 aromatic rings. The molecule has 0 aromatic heterocycles. The molecule has 1 heterocycles. The average molecular weight is 255 g/mol. The predicted octanol–water partition coefficient (Wildman–Crippen LogP) is 0.583. The summed E-state index contributed by atoms with van der Waals surface area (Å²) in [5, 5.41) is 0. The largest absolute Gasteiger partial charge is 0.341 e. The molecule has 5 heteroatoms. The Morgan fingerprint density at radius 3 is 2.61 bits per heavy atom. The van der Waals surface area contributed by atoms with Crippen LogP contribution in [0.2, 0.25) is 0 Å². The minimum Gasteiger partial charge on any atom is -0.341 e. The van der Waals surface area contributed by atoms with Gasteiger partial charge in [-0.05, 0) is 33.1 Å². The van der Waals surface area contributed by atoms with Crippen LogP contribution in [0.1, 0.15) is 40.0 Å². The van der Waals surface area contributed by atoms with Crippen LogP contribution in [-0.4, -0.2) is 53.3 Å². The van der Waals surface area contributed by atoms with E-state index in [1.165, 1.54) is 0 Å². The first-order valence-corrected chi connectivity index (χ1v) is 6.79. The van der Waals surface area contributed by atoms with Crippen molar-refractivity contribution in [2.75, 3.05) is 19.6 Å². The second-order valence-corrected chi connectivity index (χ2v) is 5.03. The van der Waals surface area contributed by atoms with Crippen LogP contribution in [0, 0.1) is 0 Å². The molecule has 18 heavy (non-hydrogen) atoms. The molecule has 1 fully saturated rings. The van der Waals surface area contributed by atoms with Gasteiger partial charge in [-0.1, -0.05) is 0 Å². The van der Waals surface area contributed by atoms with Gasteiger partial charge in [0.2, 0.25) is 11.8 Å². The van der Waals surface area contributed by atoms with E-state index in [2.05, 4.69) is 0 Å². The molecule has 0 saturated carbocycles. The number of amides is 2. The number of likely N-dealkylation sites (N-methyl/N-ethyl adjacent to an activating group) is 1. The summed E-state index contributed by atoms with van der Waals surface area (Å²) in [6.45, 7) is 7.33. The molecule has 0 radical (unpaired) electrons. The Hall–Kier alpha value is -1.10. The maximum absolute atomic E-state index is 12.0. The molecule has 0 bridgehead atoms. The highest BCUT2D eigenvalue weighted by Gasteiger charge is 2.29. The van der Waals surface area contributed by atoms with Gasteiger partial charge in [-0.3, -0.25) is 9.59 Å². The fraction of sp³-hybridized carbons (Fsp3) is 0.846. The topological polar surface area (TPSA) is 66.6 Å². The molecule has 2 N–H and O–H groups in total. The molecule has 1 aliphatic heterocycles. The monoisotopic (exact) mass is 255 g/mol. The second kappa shape index (κ2) is 6.73. The third-order valence-corrected chi connectivity index (χ3v) is 3.56. The first-order chi connectivity index (χ1) is 8.47. The van der Waals surface area contributed by atoms with Gasteiger partial charge in [0, 0.05) is 32.6 Å². The Balaban J connectivity index is 2.70. The van der Waals surface area contributed by atoms with Crippen LogP contribution < -0.4 is 5.73 Å². The smallest absolute Gasteiger partial charge is 0.239 e. The number of nitrogens with zero attached hydrogens (tertiary/aromatic N) is 2. The number of rotatable bonds is 4. The number of hydrogen-bond donors (Lipinski definition) is 1. The summed E-state index contributed by atoms with van der Waals surface area (Å²) in [5.41, 5.74) is 5.68. The van der Waals surface area contributed by atoms with Gasteiger partial charge in [0.25, 0.3) is 0 Å². The molecule has 0 aliphatic carbocycles. The first kappa shape index (κ1) is 15.0. The van der Waals surface area contributed by atoms with Gasteiger partial charge in [0.15, 0.2) is 0 Å². The molecular weight excluding hydrogens is 230 g/mol. The lowest BCUT2D eigenvalue weighted by atomic mass is 10.0. The molecule has 1 aliphatic rings. The van der Waals surface area contributed by atoms with Gasteiger partial charge < -0.3 is 15.5 Å². The third-order valence-electron chi connectivity index (χ3n) is 3.56.